The molecule has 0 aromatic heterocycles. The second-order valence-electron chi connectivity index (χ2n) is 5.04. The van der Waals surface area contributed by atoms with Crippen molar-refractivity contribution in [2.24, 2.45) is 5.73 Å². The Morgan fingerprint density at radius 1 is 0.950 bits per heavy atom. The smallest absolute Gasteiger partial charge is 0.304 e. The highest BCUT2D eigenvalue weighted by Crippen LogP contribution is 2.12. The largest absolute Gasteiger partial charge is 0.481 e. The summed E-state index contributed by atoms with van der Waals surface area (Å²) in [5.74, 6) is -0.849. The minimum Gasteiger partial charge on any atom is -0.481 e. The van der Waals surface area contributed by atoms with E-state index in [0.29, 0.717) is 6.42 Å². The summed E-state index contributed by atoms with van der Waals surface area (Å²) in [4.78, 5) is 10.6. The Labute approximate surface area is 119 Å². The first-order valence-corrected chi connectivity index (χ1v) is 6.72. The van der Waals surface area contributed by atoms with E-state index in [1.54, 1.807) is 0 Å². The van der Waals surface area contributed by atoms with Gasteiger partial charge in [-0.15, -0.1) is 0 Å². The molecule has 0 saturated carbocycles. The van der Waals surface area contributed by atoms with Gasteiger partial charge in [0.25, 0.3) is 0 Å². The Bertz CT molecular complexity index is 549. The third-order valence-corrected chi connectivity index (χ3v) is 3.21. The second kappa shape index (κ2) is 6.87. The van der Waals surface area contributed by atoms with Gasteiger partial charge >= 0.3 is 5.97 Å². The molecule has 3 nitrogen and oxygen atoms in total. The van der Waals surface area contributed by atoms with Gasteiger partial charge in [0, 0.05) is 6.04 Å². The summed E-state index contributed by atoms with van der Waals surface area (Å²) >= 11 is 0. The van der Waals surface area contributed by atoms with Crippen molar-refractivity contribution >= 4 is 5.97 Å². The van der Waals surface area contributed by atoms with Crippen LogP contribution in [0.5, 0.6) is 0 Å². The summed E-state index contributed by atoms with van der Waals surface area (Å²) in [6.45, 7) is 0. The van der Waals surface area contributed by atoms with Crippen LogP contribution in [0.2, 0.25) is 0 Å². The number of nitrogens with two attached hydrogens (primary N) is 1. The van der Waals surface area contributed by atoms with Crippen molar-refractivity contribution in [2.75, 3.05) is 0 Å². The summed E-state index contributed by atoms with van der Waals surface area (Å²) < 4.78 is 0. The van der Waals surface area contributed by atoms with Gasteiger partial charge in [-0.1, -0.05) is 54.6 Å². The van der Waals surface area contributed by atoms with Crippen molar-refractivity contribution in [3.63, 3.8) is 0 Å². The number of carboxylic acid groups (broad SMARTS) is 1. The summed E-state index contributed by atoms with van der Waals surface area (Å²) in [5.41, 5.74) is 9.39. The molecule has 0 aliphatic carbocycles. The van der Waals surface area contributed by atoms with Crippen LogP contribution < -0.4 is 5.73 Å². The van der Waals surface area contributed by atoms with Crippen LogP contribution in [0, 0.1) is 0 Å². The second-order valence-corrected chi connectivity index (χ2v) is 5.04. The average Bonchev–Trinajstić information content (AvgIpc) is 2.41. The number of benzene rings is 2. The van der Waals surface area contributed by atoms with E-state index in [1.807, 2.05) is 30.3 Å². The minimum atomic E-state index is -0.849. The summed E-state index contributed by atoms with van der Waals surface area (Å²) in [7, 11) is 0. The third-order valence-electron chi connectivity index (χ3n) is 3.21. The summed E-state index contributed by atoms with van der Waals surface area (Å²) in [6.07, 6.45) is 1.51. The topological polar surface area (TPSA) is 63.3 Å². The minimum absolute atomic E-state index is 0.00572. The fourth-order valence-electron chi connectivity index (χ4n) is 2.22. The SMILES string of the molecule is N[C@H](CC(=O)O)Cc1ccc(Cc2ccccc2)cc1. The van der Waals surface area contributed by atoms with Gasteiger partial charge in [-0.05, 0) is 29.5 Å². The fourth-order valence-corrected chi connectivity index (χ4v) is 2.22. The first kappa shape index (κ1) is 14.3. The van der Waals surface area contributed by atoms with Gasteiger partial charge in [0.15, 0.2) is 0 Å². The molecule has 0 aliphatic heterocycles. The zero-order valence-electron chi connectivity index (χ0n) is 11.3. The molecule has 2 aromatic carbocycles. The lowest BCUT2D eigenvalue weighted by molar-refractivity contribution is -0.137. The Morgan fingerprint density at radius 3 is 2.10 bits per heavy atom. The Hall–Kier alpha value is -2.13. The standard InChI is InChI=1S/C17H19NO2/c18-16(12-17(19)20)11-15-8-6-14(7-9-15)10-13-4-2-1-3-5-13/h1-9,16H,10-12,18H2,(H,19,20)/t16-/m0/s1. The lowest BCUT2D eigenvalue weighted by atomic mass is 10.00. The maximum atomic E-state index is 10.6. The van der Waals surface area contributed by atoms with Crippen molar-refractivity contribution in [1.29, 1.82) is 0 Å². The zero-order chi connectivity index (χ0) is 14.4. The normalized spacial score (nSPS) is 12.1. The molecule has 0 bridgehead atoms. The van der Waals surface area contributed by atoms with Gasteiger partial charge in [-0.25, -0.2) is 0 Å². The molecule has 20 heavy (non-hydrogen) atoms. The van der Waals surface area contributed by atoms with Crippen LogP contribution >= 0.6 is 0 Å². The number of carbonyl (C=O) groups is 1. The molecule has 3 heteroatoms. The van der Waals surface area contributed by atoms with Crippen LogP contribution in [-0.2, 0) is 17.6 Å². The summed E-state index contributed by atoms with van der Waals surface area (Å²) in [5, 5.41) is 8.69. The van der Waals surface area contributed by atoms with E-state index < -0.39 is 5.97 Å². The van der Waals surface area contributed by atoms with E-state index in [0.717, 1.165) is 12.0 Å². The predicted octanol–water partition coefficient (Wildman–Crippen LogP) is 2.62. The molecular formula is C17H19NO2. The molecule has 0 saturated heterocycles. The molecule has 0 radical (unpaired) electrons. The average molecular weight is 269 g/mol. The van der Waals surface area contributed by atoms with E-state index in [-0.39, 0.29) is 12.5 Å². The van der Waals surface area contributed by atoms with Crippen LogP contribution in [-0.4, -0.2) is 17.1 Å². The molecule has 2 aromatic rings. The molecule has 0 fully saturated rings. The molecule has 0 amide bonds. The molecule has 104 valence electrons. The van der Waals surface area contributed by atoms with Crippen LogP contribution in [0.3, 0.4) is 0 Å². The third kappa shape index (κ3) is 4.52. The molecular weight excluding hydrogens is 250 g/mol. The Kier molecular flexibility index (Phi) is 4.91. The van der Waals surface area contributed by atoms with Gasteiger partial charge in [0.05, 0.1) is 6.42 Å². The summed E-state index contributed by atoms with van der Waals surface area (Å²) in [6, 6.07) is 18.2. The van der Waals surface area contributed by atoms with Gasteiger partial charge in [0.2, 0.25) is 0 Å². The predicted molar refractivity (Wildman–Crippen MR) is 79.6 cm³/mol. The quantitative estimate of drug-likeness (QED) is 0.847. The number of carboxylic acids is 1. The highest BCUT2D eigenvalue weighted by molar-refractivity contribution is 5.67. The molecule has 0 spiro atoms. The molecule has 0 unspecified atom stereocenters. The zero-order valence-corrected chi connectivity index (χ0v) is 11.3. The van der Waals surface area contributed by atoms with Gasteiger partial charge in [0.1, 0.15) is 0 Å². The van der Waals surface area contributed by atoms with Gasteiger partial charge in [-0.3, -0.25) is 4.79 Å². The van der Waals surface area contributed by atoms with Crippen molar-refractivity contribution in [3.8, 4) is 0 Å². The Morgan fingerprint density at radius 2 is 1.50 bits per heavy atom. The number of rotatable bonds is 6. The molecule has 0 aliphatic rings. The van der Waals surface area contributed by atoms with Crippen LogP contribution in [0.15, 0.2) is 54.6 Å². The number of hydrogen-bond acceptors (Lipinski definition) is 2. The monoisotopic (exact) mass is 269 g/mol. The number of aliphatic carboxylic acids is 1. The van der Waals surface area contributed by atoms with Gasteiger partial charge in [-0.2, -0.15) is 0 Å². The van der Waals surface area contributed by atoms with Crippen molar-refractivity contribution < 1.29 is 9.90 Å². The van der Waals surface area contributed by atoms with E-state index in [9.17, 15) is 4.79 Å². The maximum absolute atomic E-state index is 10.6. The fraction of sp³-hybridized carbons (Fsp3) is 0.235. The van der Waals surface area contributed by atoms with Crippen molar-refractivity contribution in [3.05, 3.63) is 71.3 Å². The first-order valence-electron chi connectivity index (χ1n) is 6.72. The molecule has 1 atom stereocenters. The lowest BCUT2D eigenvalue weighted by Crippen LogP contribution is -2.26. The highest BCUT2D eigenvalue weighted by Gasteiger charge is 2.08. The number of hydrogen-bond donors (Lipinski definition) is 2. The first-order chi connectivity index (χ1) is 9.63. The molecule has 3 N–H and O–H groups in total. The van der Waals surface area contributed by atoms with E-state index in [2.05, 4.69) is 24.3 Å². The maximum Gasteiger partial charge on any atom is 0.304 e. The van der Waals surface area contributed by atoms with Crippen LogP contribution in [0.25, 0.3) is 0 Å². The van der Waals surface area contributed by atoms with E-state index in [1.165, 1.54) is 11.1 Å². The molecule has 0 heterocycles. The molecule has 2 rings (SSSR count). The lowest BCUT2D eigenvalue weighted by Gasteiger charge is -2.09. The highest BCUT2D eigenvalue weighted by atomic mass is 16.4. The van der Waals surface area contributed by atoms with Crippen LogP contribution in [0.4, 0.5) is 0 Å². The van der Waals surface area contributed by atoms with E-state index >= 15 is 0 Å². The van der Waals surface area contributed by atoms with Crippen molar-refractivity contribution in [2.45, 2.75) is 25.3 Å². The van der Waals surface area contributed by atoms with E-state index in [4.69, 9.17) is 10.8 Å². The Balaban J connectivity index is 1.94. The van der Waals surface area contributed by atoms with Crippen LogP contribution in [0.1, 0.15) is 23.1 Å². The van der Waals surface area contributed by atoms with Gasteiger partial charge < -0.3 is 10.8 Å². The van der Waals surface area contributed by atoms with Crippen molar-refractivity contribution in [1.82, 2.24) is 0 Å².